The maximum absolute atomic E-state index is 13.1. The topological polar surface area (TPSA) is 50.2 Å². The summed E-state index contributed by atoms with van der Waals surface area (Å²) >= 11 is 0. The number of imidazole rings is 1. The van der Waals surface area contributed by atoms with Crippen LogP contribution in [0.1, 0.15) is 72.4 Å². The number of hydrogen-bond donors (Lipinski definition) is 1. The van der Waals surface area contributed by atoms with Gasteiger partial charge >= 0.3 is 6.18 Å². The summed E-state index contributed by atoms with van der Waals surface area (Å²) in [6.45, 7) is 5.52. The second-order valence-electron chi connectivity index (χ2n) is 9.04. The standard InChI is InChI=1S/C24H31F3N4O/c1-17-6-2-3-12-30(17)13-5-11-28-23(32)21-16-31-15-19(9-10-22(31)29-21)18-7-4-8-20(14-18)24(25,26)27/h4,7-8,14,16-17,19H,2-3,5-6,9-13,15H2,1H3,(H,28,32)/t17-,19-/m0/s1. The highest BCUT2D eigenvalue weighted by molar-refractivity contribution is 5.92. The monoisotopic (exact) mass is 448 g/mol. The van der Waals surface area contributed by atoms with Crippen LogP contribution in [0.5, 0.6) is 0 Å². The highest BCUT2D eigenvalue weighted by Crippen LogP contribution is 2.34. The fourth-order valence-electron chi connectivity index (χ4n) is 4.86. The maximum atomic E-state index is 13.1. The fraction of sp³-hybridized carbons (Fsp3) is 0.583. The summed E-state index contributed by atoms with van der Waals surface area (Å²) in [5, 5.41) is 2.96. The number of benzene rings is 1. The normalized spacial score (nSPS) is 21.9. The van der Waals surface area contributed by atoms with Crippen molar-refractivity contribution < 1.29 is 18.0 Å². The Labute approximate surface area is 187 Å². The minimum Gasteiger partial charge on any atom is -0.351 e. The van der Waals surface area contributed by atoms with Crippen LogP contribution in [0.25, 0.3) is 0 Å². The van der Waals surface area contributed by atoms with E-state index in [0.717, 1.165) is 31.4 Å². The van der Waals surface area contributed by atoms with E-state index in [2.05, 4.69) is 22.1 Å². The number of fused-ring (bicyclic) bond motifs is 1. The molecular formula is C24H31F3N4O. The van der Waals surface area contributed by atoms with Gasteiger partial charge in [-0.3, -0.25) is 4.79 Å². The van der Waals surface area contributed by atoms with Crippen molar-refractivity contribution in [3.05, 3.63) is 53.1 Å². The number of carbonyl (C=O) groups excluding carboxylic acids is 1. The van der Waals surface area contributed by atoms with E-state index in [1.165, 1.54) is 31.4 Å². The number of rotatable bonds is 6. The van der Waals surface area contributed by atoms with Gasteiger partial charge in [0.25, 0.3) is 5.91 Å². The molecule has 174 valence electrons. The first kappa shape index (κ1) is 22.8. The van der Waals surface area contributed by atoms with Crippen LogP contribution in [-0.4, -0.2) is 46.0 Å². The first-order valence-electron chi connectivity index (χ1n) is 11.6. The largest absolute Gasteiger partial charge is 0.416 e. The molecular weight excluding hydrogens is 417 g/mol. The van der Waals surface area contributed by atoms with E-state index < -0.39 is 11.7 Å². The van der Waals surface area contributed by atoms with E-state index in [1.807, 2.05) is 4.57 Å². The molecule has 1 fully saturated rings. The zero-order chi connectivity index (χ0) is 22.7. The van der Waals surface area contributed by atoms with Crippen molar-refractivity contribution in [2.45, 2.75) is 70.1 Å². The van der Waals surface area contributed by atoms with Crippen LogP contribution in [-0.2, 0) is 19.1 Å². The molecule has 4 rings (SSSR count). The van der Waals surface area contributed by atoms with Gasteiger partial charge in [0.1, 0.15) is 11.5 Å². The van der Waals surface area contributed by atoms with Crippen molar-refractivity contribution in [2.75, 3.05) is 19.6 Å². The highest BCUT2D eigenvalue weighted by Gasteiger charge is 2.31. The zero-order valence-electron chi connectivity index (χ0n) is 18.5. The van der Waals surface area contributed by atoms with Gasteiger partial charge in [-0.15, -0.1) is 0 Å². The van der Waals surface area contributed by atoms with Crippen LogP contribution in [0.4, 0.5) is 13.2 Å². The van der Waals surface area contributed by atoms with Gasteiger partial charge in [-0.25, -0.2) is 4.98 Å². The summed E-state index contributed by atoms with van der Waals surface area (Å²) in [5.41, 5.74) is 0.443. The van der Waals surface area contributed by atoms with Crippen LogP contribution >= 0.6 is 0 Å². The number of likely N-dealkylation sites (tertiary alicyclic amines) is 1. The fourth-order valence-corrected chi connectivity index (χ4v) is 4.86. The van der Waals surface area contributed by atoms with E-state index in [4.69, 9.17) is 0 Å². The molecule has 3 heterocycles. The summed E-state index contributed by atoms with van der Waals surface area (Å²) in [6, 6.07) is 6.17. The molecule has 1 aromatic heterocycles. The number of hydrogen-bond acceptors (Lipinski definition) is 3. The molecule has 2 aliphatic rings. The number of nitrogens with one attached hydrogen (secondary N) is 1. The SMILES string of the molecule is C[C@H]1CCCCN1CCCNC(=O)c1cn2c(n1)CC[C@H](c1cccc(C(F)(F)F)c1)C2. The van der Waals surface area contributed by atoms with E-state index in [9.17, 15) is 18.0 Å². The number of alkyl halides is 3. The number of nitrogens with zero attached hydrogens (tertiary/aromatic N) is 3. The Hall–Kier alpha value is -2.35. The minimum absolute atomic E-state index is 0.0264. The van der Waals surface area contributed by atoms with Crippen molar-refractivity contribution in [3.8, 4) is 0 Å². The Balaban J connectivity index is 1.31. The van der Waals surface area contributed by atoms with E-state index in [-0.39, 0.29) is 11.8 Å². The van der Waals surface area contributed by atoms with E-state index in [1.54, 1.807) is 12.3 Å². The minimum atomic E-state index is -4.35. The number of carbonyl (C=O) groups is 1. The molecule has 2 atom stereocenters. The van der Waals surface area contributed by atoms with Crippen LogP contribution in [0.3, 0.4) is 0 Å². The molecule has 0 radical (unpaired) electrons. The first-order valence-corrected chi connectivity index (χ1v) is 11.6. The smallest absolute Gasteiger partial charge is 0.351 e. The van der Waals surface area contributed by atoms with Crippen LogP contribution in [0.15, 0.2) is 30.5 Å². The molecule has 0 spiro atoms. The molecule has 32 heavy (non-hydrogen) atoms. The number of aryl methyl sites for hydroxylation is 1. The molecule has 8 heteroatoms. The predicted molar refractivity (Wildman–Crippen MR) is 117 cm³/mol. The quantitative estimate of drug-likeness (QED) is 0.656. The molecule has 2 aromatic rings. The van der Waals surface area contributed by atoms with Crippen molar-refractivity contribution >= 4 is 5.91 Å². The lowest BCUT2D eigenvalue weighted by Crippen LogP contribution is -2.39. The first-order chi connectivity index (χ1) is 15.3. The van der Waals surface area contributed by atoms with Crippen molar-refractivity contribution in [1.82, 2.24) is 19.8 Å². The molecule has 1 aromatic carbocycles. The lowest BCUT2D eigenvalue weighted by Gasteiger charge is -2.33. The van der Waals surface area contributed by atoms with Crippen LogP contribution in [0, 0.1) is 0 Å². The van der Waals surface area contributed by atoms with Gasteiger partial charge in [0, 0.05) is 44.2 Å². The summed E-state index contributed by atoms with van der Waals surface area (Å²) in [5.74, 6) is 0.608. The van der Waals surface area contributed by atoms with Gasteiger partial charge in [0.2, 0.25) is 0 Å². The average molecular weight is 449 g/mol. The van der Waals surface area contributed by atoms with Crippen LogP contribution in [0.2, 0.25) is 0 Å². The summed E-state index contributed by atoms with van der Waals surface area (Å²) in [6.07, 6.45) is 3.44. The average Bonchev–Trinajstić information content (AvgIpc) is 3.21. The third-order valence-corrected chi connectivity index (χ3v) is 6.76. The molecule has 0 unspecified atom stereocenters. The van der Waals surface area contributed by atoms with Gasteiger partial charge in [0.15, 0.2) is 0 Å². The zero-order valence-corrected chi connectivity index (χ0v) is 18.5. The summed E-state index contributed by atoms with van der Waals surface area (Å²) < 4.78 is 41.1. The molecule has 1 N–H and O–H groups in total. The second kappa shape index (κ2) is 9.65. The lowest BCUT2D eigenvalue weighted by molar-refractivity contribution is -0.137. The molecule has 0 aliphatic carbocycles. The Morgan fingerprint density at radius 2 is 2.09 bits per heavy atom. The van der Waals surface area contributed by atoms with Gasteiger partial charge in [0.05, 0.1) is 5.56 Å². The molecule has 1 amide bonds. The van der Waals surface area contributed by atoms with Crippen molar-refractivity contribution in [1.29, 1.82) is 0 Å². The summed E-state index contributed by atoms with van der Waals surface area (Å²) in [7, 11) is 0. The van der Waals surface area contributed by atoms with Gasteiger partial charge < -0.3 is 14.8 Å². The summed E-state index contributed by atoms with van der Waals surface area (Å²) in [4.78, 5) is 19.5. The van der Waals surface area contributed by atoms with Crippen molar-refractivity contribution in [3.63, 3.8) is 0 Å². The van der Waals surface area contributed by atoms with Gasteiger partial charge in [-0.1, -0.05) is 24.6 Å². The Bertz CT molecular complexity index is 940. The molecule has 0 saturated carbocycles. The molecule has 1 saturated heterocycles. The van der Waals surface area contributed by atoms with E-state index >= 15 is 0 Å². The lowest BCUT2D eigenvalue weighted by atomic mass is 9.90. The number of halogens is 3. The third kappa shape index (κ3) is 5.34. The number of aromatic nitrogens is 2. The van der Waals surface area contributed by atoms with Gasteiger partial charge in [-0.05, 0) is 50.8 Å². The number of piperidine rings is 1. The maximum Gasteiger partial charge on any atom is 0.416 e. The molecule has 0 bridgehead atoms. The Morgan fingerprint density at radius 1 is 1.25 bits per heavy atom. The molecule has 5 nitrogen and oxygen atoms in total. The van der Waals surface area contributed by atoms with Crippen molar-refractivity contribution in [2.24, 2.45) is 0 Å². The third-order valence-electron chi connectivity index (χ3n) is 6.76. The van der Waals surface area contributed by atoms with Crippen LogP contribution < -0.4 is 5.32 Å². The van der Waals surface area contributed by atoms with E-state index in [0.29, 0.717) is 43.2 Å². The predicted octanol–water partition coefficient (Wildman–Crippen LogP) is 4.63. The Morgan fingerprint density at radius 3 is 2.88 bits per heavy atom. The Kier molecular flexibility index (Phi) is 6.88. The highest BCUT2D eigenvalue weighted by atomic mass is 19.4. The molecule has 2 aliphatic heterocycles. The van der Waals surface area contributed by atoms with Gasteiger partial charge in [-0.2, -0.15) is 13.2 Å². The second-order valence-corrected chi connectivity index (χ2v) is 9.04. The number of amides is 1.